The number of nitrogens with zero attached hydrogens (tertiary/aromatic N) is 1. The van der Waals surface area contributed by atoms with E-state index in [4.69, 9.17) is 9.47 Å². The first-order valence-corrected chi connectivity index (χ1v) is 5.84. The van der Waals surface area contributed by atoms with E-state index in [1.165, 1.54) is 6.07 Å². The van der Waals surface area contributed by atoms with Crippen molar-refractivity contribution in [2.24, 2.45) is 0 Å². The van der Waals surface area contributed by atoms with Crippen LogP contribution < -0.4 is 10.1 Å². The van der Waals surface area contributed by atoms with E-state index >= 15 is 0 Å². The van der Waals surface area contributed by atoms with Crippen molar-refractivity contribution in [3.63, 3.8) is 0 Å². The molecule has 0 atom stereocenters. The molecule has 0 aliphatic carbocycles. The smallest absolute Gasteiger partial charge is 0.310 e. The van der Waals surface area contributed by atoms with Crippen LogP contribution in [0.2, 0.25) is 0 Å². The molecule has 0 aromatic heterocycles. The van der Waals surface area contributed by atoms with Crippen LogP contribution in [0.1, 0.15) is 5.56 Å². The molecule has 0 spiro atoms. The maximum atomic E-state index is 12.1. The highest BCUT2D eigenvalue weighted by molar-refractivity contribution is 5.48. The van der Waals surface area contributed by atoms with Gasteiger partial charge < -0.3 is 14.8 Å². The van der Waals surface area contributed by atoms with E-state index in [-0.39, 0.29) is 18.0 Å². The number of benzene rings is 1. The Labute approximate surface area is 110 Å². The molecule has 1 N–H and O–H groups in total. The Kier molecular flexibility index (Phi) is 6.76. The average molecular weight is 272 g/mol. The predicted octanol–water partition coefficient (Wildman–Crippen LogP) is 1.68. The lowest BCUT2D eigenvalue weighted by Crippen LogP contribution is -2.18. The Morgan fingerprint density at radius 3 is 2.84 bits per heavy atom. The molecule has 0 fully saturated rings. The lowest BCUT2D eigenvalue weighted by molar-refractivity contribution is -0.385. The van der Waals surface area contributed by atoms with Crippen molar-refractivity contribution in [3.8, 4) is 5.75 Å². The van der Waals surface area contributed by atoms with Crippen LogP contribution in [-0.2, 0) is 11.3 Å². The van der Waals surface area contributed by atoms with E-state index in [9.17, 15) is 14.5 Å². The van der Waals surface area contributed by atoms with Crippen LogP contribution >= 0.6 is 0 Å². The highest BCUT2D eigenvalue weighted by Crippen LogP contribution is 2.27. The number of halogens is 1. The summed E-state index contributed by atoms with van der Waals surface area (Å²) in [6.07, 6.45) is 0. The molecule has 0 unspecified atom stereocenters. The summed E-state index contributed by atoms with van der Waals surface area (Å²) in [5, 5.41) is 13.9. The van der Waals surface area contributed by atoms with Crippen molar-refractivity contribution >= 4 is 5.69 Å². The molecule has 0 heterocycles. The monoisotopic (exact) mass is 272 g/mol. The summed E-state index contributed by atoms with van der Waals surface area (Å²) in [4.78, 5) is 10.2. The molecule has 0 radical (unpaired) electrons. The van der Waals surface area contributed by atoms with E-state index in [1.807, 2.05) is 0 Å². The zero-order valence-electron chi connectivity index (χ0n) is 10.7. The second kappa shape index (κ2) is 8.39. The molecule has 0 aliphatic rings. The van der Waals surface area contributed by atoms with E-state index in [0.717, 1.165) is 5.56 Å². The third kappa shape index (κ3) is 5.19. The second-order valence-electron chi connectivity index (χ2n) is 3.77. The molecule has 1 rings (SSSR count). The van der Waals surface area contributed by atoms with E-state index in [0.29, 0.717) is 19.7 Å². The minimum Gasteiger partial charge on any atom is -0.484 e. The number of hydrogen-bond acceptors (Lipinski definition) is 5. The van der Waals surface area contributed by atoms with Gasteiger partial charge in [0.25, 0.3) is 0 Å². The molecular weight excluding hydrogens is 255 g/mol. The van der Waals surface area contributed by atoms with Crippen molar-refractivity contribution in [3.05, 3.63) is 33.9 Å². The third-order valence-electron chi connectivity index (χ3n) is 2.37. The highest BCUT2D eigenvalue weighted by Gasteiger charge is 2.15. The lowest BCUT2D eigenvalue weighted by Gasteiger charge is -2.08. The van der Waals surface area contributed by atoms with Gasteiger partial charge in [-0.3, -0.25) is 10.1 Å². The number of ether oxygens (including phenoxy) is 2. The van der Waals surface area contributed by atoms with Gasteiger partial charge in [0.2, 0.25) is 0 Å². The fraction of sp³-hybridized carbons (Fsp3) is 0.500. The van der Waals surface area contributed by atoms with E-state index in [2.05, 4.69) is 5.32 Å². The fourth-order valence-corrected chi connectivity index (χ4v) is 1.49. The number of alkyl halides is 1. The van der Waals surface area contributed by atoms with Gasteiger partial charge in [0.05, 0.1) is 11.5 Å². The Morgan fingerprint density at radius 2 is 2.21 bits per heavy atom. The second-order valence-corrected chi connectivity index (χ2v) is 3.77. The Morgan fingerprint density at radius 1 is 1.42 bits per heavy atom. The molecule has 0 saturated carbocycles. The van der Waals surface area contributed by atoms with Gasteiger partial charge in [-0.1, -0.05) is 6.07 Å². The quantitative estimate of drug-likeness (QED) is 0.420. The van der Waals surface area contributed by atoms with Gasteiger partial charge in [-0.15, -0.1) is 0 Å². The molecule has 0 aliphatic heterocycles. The van der Waals surface area contributed by atoms with Gasteiger partial charge in [-0.05, 0) is 11.6 Å². The van der Waals surface area contributed by atoms with Crippen LogP contribution in [0.3, 0.4) is 0 Å². The van der Waals surface area contributed by atoms with Gasteiger partial charge in [0, 0.05) is 26.3 Å². The molecule has 0 bridgehead atoms. The number of rotatable bonds is 9. The zero-order valence-corrected chi connectivity index (χ0v) is 10.7. The number of nitro groups is 1. The van der Waals surface area contributed by atoms with Gasteiger partial charge in [-0.2, -0.15) is 0 Å². The first-order valence-electron chi connectivity index (χ1n) is 5.84. The van der Waals surface area contributed by atoms with E-state index < -0.39 is 11.6 Å². The molecular formula is C12H17FN2O4. The normalized spacial score (nSPS) is 10.4. The van der Waals surface area contributed by atoms with Crippen molar-refractivity contribution in [1.82, 2.24) is 5.32 Å². The fourth-order valence-electron chi connectivity index (χ4n) is 1.49. The summed E-state index contributed by atoms with van der Waals surface area (Å²) in [7, 11) is 1.61. The van der Waals surface area contributed by atoms with Crippen molar-refractivity contribution in [2.75, 3.05) is 33.5 Å². The molecule has 7 heteroatoms. The van der Waals surface area contributed by atoms with Gasteiger partial charge >= 0.3 is 5.69 Å². The van der Waals surface area contributed by atoms with Crippen LogP contribution in [0.4, 0.5) is 10.1 Å². The molecule has 1 aromatic carbocycles. The van der Waals surface area contributed by atoms with Crippen LogP contribution in [0.25, 0.3) is 0 Å². The topological polar surface area (TPSA) is 73.6 Å². The summed E-state index contributed by atoms with van der Waals surface area (Å²) < 4.78 is 22.0. The maximum absolute atomic E-state index is 12.1. The molecule has 1 aromatic rings. The van der Waals surface area contributed by atoms with Crippen molar-refractivity contribution in [2.45, 2.75) is 6.54 Å². The Bertz CT molecular complexity index is 415. The summed E-state index contributed by atoms with van der Waals surface area (Å²) in [6, 6.07) is 4.55. The van der Waals surface area contributed by atoms with Crippen LogP contribution in [0.5, 0.6) is 5.75 Å². The highest BCUT2D eigenvalue weighted by atomic mass is 19.1. The molecule has 0 amide bonds. The van der Waals surface area contributed by atoms with Gasteiger partial charge in [-0.25, -0.2) is 4.39 Å². The zero-order chi connectivity index (χ0) is 14.1. The van der Waals surface area contributed by atoms with Gasteiger partial charge in [0.15, 0.2) is 5.75 Å². The Balaban J connectivity index is 2.70. The molecule has 0 saturated heterocycles. The number of hydrogen-bond donors (Lipinski definition) is 1. The first kappa shape index (κ1) is 15.3. The summed E-state index contributed by atoms with van der Waals surface area (Å²) >= 11 is 0. The van der Waals surface area contributed by atoms with E-state index in [1.54, 1.807) is 19.2 Å². The van der Waals surface area contributed by atoms with Crippen molar-refractivity contribution < 1.29 is 18.8 Å². The summed E-state index contributed by atoms with van der Waals surface area (Å²) in [5.41, 5.74) is 0.671. The molecule has 19 heavy (non-hydrogen) atoms. The third-order valence-corrected chi connectivity index (χ3v) is 2.37. The number of methoxy groups -OCH3 is 1. The number of nitro benzene ring substituents is 1. The first-order chi connectivity index (χ1) is 9.19. The Hall–Kier alpha value is -1.73. The molecule has 106 valence electrons. The maximum Gasteiger partial charge on any atom is 0.310 e. The lowest BCUT2D eigenvalue weighted by atomic mass is 10.2. The van der Waals surface area contributed by atoms with Crippen molar-refractivity contribution in [1.29, 1.82) is 0 Å². The summed E-state index contributed by atoms with van der Waals surface area (Å²) in [6.45, 7) is 0.911. The van der Waals surface area contributed by atoms with Crippen LogP contribution in [0.15, 0.2) is 18.2 Å². The SMILES string of the molecule is COCCNCc1ccc([N+](=O)[O-])c(OCCF)c1. The minimum absolute atomic E-state index is 0.0914. The predicted molar refractivity (Wildman–Crippen MR) is 68.1 cm³/mol. The number of nitrogens with one attached hydrogen (secondary N) is 1. The average Bonchev–Trinajstić information content (AvgIpc) is 2.41. The summed E-state index contributed by atoms with van der Waals surface area (Å²) in [5.74, 6) is 0.0914. The molecule has 6 nitrogen and oxygen atoms in total. The van der Waals surface area contributed by atoms with Gasteiger partial charge in [0.1, 0.15) is 13.3 Å². The minimum atomic E-state index is -0.687. The van der Waals surface area contributed by atoms with Crippen LogP contribution in [-0.4, -0.2) is 38.5 Å². The van der Waals surface area contributed by atoms with Crippen LogP contribution in [0, 0.1) is 10.1 Å². The largest absolute Gasteiger partial charge is 0.484 e. The standard InChI is InChI=1S/C12H17FN2O4/c1-18-7-5-14-9-10-2-3-11(15(16)17)12(8-10)19-6-4-13/h2-3,8,14H,4-7,9H2,1H3.